The van der Waals surface area contributed by atoms with Gasteiger partial charge in [-0.25, -0.2) is 0 Å². The Bertz CT molecular complexity index is 462. The number of hydrogen-bond donors (Lipinski definition) is 3. The van der Waals surface area contributed by atoms with E-state index >= 15 is 0 Å². The summed E-state index contributed by atoms with van der Waals surface area (Å²) >= 11 is 0. The zero-order valence-electron chi connectivity index (χ0n) is 10.8. The third-order valence-electron chi connectivity index (χ3n) is 3.46. The molecule has 4 N–H and O–H groups in total. The van der Waals surface area contributed by atoms with Gasteiger partial charge in [-0.3, -0.25) is 4.79 Å². The van der Waals surface area contributed by atoms with Gasteiger partial charge in [-0.1, -0.05) is 30.1 Å². The second-order valence-corrected chi connectivity index (χ2v) is 4.94. The first-order valence-electron chi connectivity index (χ1n) is 6.55. The SMILES string of the molecule is NC(Cc1ccc(NC(=O)C2CCCC2)cc1)=NO. The van der Waals surface area contributed by atoms with Crippen LogP contribution in [-0.2, 0) is 11.2 Å². The fraction of sp³-hybridized carbons (Fsp3) is 0.429. The highest BCUT2D eigenvalue weighted by Crippen LogP contribution is 2.26. The molecular weight excluding hydrogens is 242 g/mol. The first kappa shape index (κ1) is 13.4. The second kappa shape index (κ2) is 6.22. The summed E-state index contributed by atoms with van der Waals surface area (Å²) < 4.78 is 0. The number of carbonyl (C=O) groups excluding carboxylic acids is 1. The van der Waals surface area contributed by atoms with Crippen molar-refractivity contribution in [3.8, 4) is 0 Å². The summed E-state index contributed by atoms with van der Waals surface area (Å²) in [5.41, 5.74) is 7.17. The normalized spacial score (nSPS) is 16.5. The first-order chi connectivity index (χ1) is 9.19. The van der Waals surface area contributed by atoms with Crippen LogP contribution in [0.25, 0.3) is 0 Å². The molecule has 1 amide bonds. The molecule has 0 radical (unpaired) electrons. The van der Waals surface area contributed by atoms with Crippen LogP contribution in [0.15, 0.2) is 29.4 Å². The molecule has 0 bridgehead atoms. The molecule has 1 aromatic rings. The first-order valence-corrected chi connectivity index (χ1v) is 6.55. The number of nitrogens with one attached hydrogen (secondary N) is 1. The van der Waals surface area contributed by atoms with Gasteiger partial charge in [0, 0.05) is 18.0 Å². The van der Waals surface area contributed by atoms with Crippen molar-refractivity contribution in [3.05, 3.63) is 29.8 Å². The van der Waals surface area contributed by atoms with Crippen LogP contribution >= 0.6 is 0 Å². The highest BCUT2D eigenvalue weighted by Gasteiger charge is 2.22. The Kier molecular flexibility index (Phi) is 4.39. The van der Waals surface area contributed by atoms with Crippen LogP contribution < -0.4 is 11.1 Å². The molecule has 0 aliphatic heterocycles. The average Bonchev–Trinajstić information content (AvgIpc) is 2.95. The molecule has 1 aliphatic rings. The van der Waals surface area contributed by atoms with Crippen LogP contribution in [-0.4, -0.2) is 17.0 Å². The lowest BCUT2D eigenvalue weighted by Crippen LogP contribution is -2.20. The summed E-state index contributed by atoms with van der Waals surface area (Å²) in [6.07, 6.45) is 4.68. The molecule has 1 aromatic carbocycles. The zero-order valence-corrected chi connectivity index (χ0v) is 10.8. The van der Waals surface area contributed by atoms with Crippen molar-refractivity contribution in [3.63, 3.8) is 0 Å². The number of carbonyl (C=O) groups is 1. The Labute approximate surface area is 112 Å². The second-order valence-electron chi connectivity index (χ2n) is 4.94. The minimum absolute atomic E-state index is 0.113. The van der Waals surface area contributed by atoms with Gasteiger partial charge >= 0.3 is 0 Å². The maximum Gasteiger partial charge on any atom is 0.227 e. The number of nitrogens with zero attached hydrogens (tertiary/aromatic N) is 1. The molecule has 0 heterocycles. The number of nitrogens with two attached hydrogens (primary N) is 1. The van der Waals surface area contributed by atoms with Crippen molar-refractivity contribution in [1.29, 1.82) is 0 Å². The van der Waals surface area contributed by atoms with Crippen molar-refractivity contribution in [2.45, 2.75) is 32.1 Å². The molecular formula is C14H19N3O2. The largest absolute Gasteiger partial charge is 0.409 e. The van der Waals surface area contributed by atoms with Gasteiger partial charge in [0.25, 0.3) is 0 Å². The summed E-state index contributed by atoms with van der Waals surface area (Å²) in [6, 6.07) is 7.41. The topological polar surface area (TPSA) is 87.7 Å². The van der Waals surface area contributed by atoms with Gasteiger partial charge in [0.2, 0.25) is 5.91 Å². The molecule has 1 aliphatic carbocycles. The molecule has 1 saturated carbocycles. The van der Waals surface area contributed by atoms with Gasteiger partial charge in [-0.2, -0.15) is 0 Å². The molecule has 2 rings (SSSR count). The molecule has 1 fully saturated rings. The lowest BCUT2D eigenvalue weighted by atomic mass is 10.1. The Hall–Kier alpha value is -2.04. The minimum Gasteiger partial charge on any atom is -0.409 e. The fourth-order valence-corrected chi connectivity index (χ4v) is 2.38. The number of amidine groups is 1. The fourth-order valence-electron chi connectivity index (χ4n) is 2.38. The summed E-state index contributed by atoms with van der Waals surface area (Å²) in [6.45, 7) is 0. The van der Waals surface area contributed by atoms with Crippen molar-refractivity contribution >= 4 is 17.4 Å². The minimum atomic E-state index is 0.113. The van der Waals surface area contributed by atoms with E-state index in [9.17, 15) is 4.79 Å². The van der Waals surface area contributed by atoms with Crippen molar-refractivity contribution < 1.29 is 10.0 Å². The molecule has 19 heavy (non-hydrogen) atoms. The smallest absolute Gasteiger partial charge is 0.227 e. The van der Waals surface area contributed by atoms with E-state index < -0.39 is 0 Å². The summed E-state index contributed by atoms with van der Waals surface area (Å²) in [4.78, 5) is 11.9. The highest BCUT2D eigenvalue weighted by atomic mass is 16.4. The van der Waals surface area contributed by atoms with Gasteiger partial charge in [0.05, 0.1) is 0 Å². The third kappa shape index (κ3) is 3.71. The van der Waals surface area contributed by atoms with E-state index in [0.717, 1.165) is 36.9 Å². The van der Waals surface area contributed by atoms with Gasteiger partial charge in [0.1, 0.15) is 5.84 Å². The molecule has 102 valence electrons. The van der Waals surface area contributed by atoms with Crippen LogP contribution in [0.5, 0.6) is 0 Å². The Morgan fingerprint density at radius 1 is 1.32 bits per heavy atom. The standard InChI is InChI=1S/C14H19N3O2/c15-13(17-19)9-10-5-7-12(8-6-10)16-14(18)11-3-1-2-4-11/h5-8,11,19H,1-4,9H2,(H2,15,17)(H,16,18). The monoisotopic (exact) mass is 261 g/mol. The predicted octanol–water partition coefficient (Wildman–Crippen LogP) is 2.10. The van der Waals surface area contributed by atoms with E-state index in [1.165, 1.54) is 0 Å². The third-order valence-corrected chi connectivity index (χ3v) is 3.46. The Morgan fingerprint density at radius 2 is 1.95 bits per heavy atom. The number of anilines is 1. The van der Waals surface area contributed by atoms with Crippen LogP contribution in [0.3, 0.4) is 0 Å². The van der Waals surface area contributed by atoms with Gasteiger partial charge in [0.15, 0.2) is 0 Å². The quantitative estimate of drug-likeness (QED) is 0.336. The van der Waals surface area contributed by atoms with Crippen LogP contribution in [0.4, 0.5) is 5.69 Å². The lowest BCUT2D eigenvalue weighted by molar-refractivity contribution is -0.119. The number of rotatable bonds is 4. The molecule has 0 aromatic heterocycles. The molecule has 0 spiro atoms. The van der Waals surface area contributed by atoms with E-state index in [0.29, 0.717) is 6.42 Å². The van der Waals surface area contributed by atoms with Gasteiger partial charge < -0.3 is 16.3 Å². The summed E-state index contributed by atoms with van der Waals surface area (Å²) in [7, 11) is 0. The van der Waals surface area contributed by atoms with E-state index in [1.54, 1.807) is 0 Å². The maximum absolute atomic E-state index is 11.9. The number of oxime groups is 1. The van der Waals surface area contributed by atoms with Gasteiger partial charge in [-0.05, 0) is 30.5 Å². The van der Waals surface area contributed by atoms with Crippen molar-refractivity contribution in [1.82, 2.24) is 0 Å². The van der Waals surface area contributed by atoms with Crippen LogP contribution in [0.2, 0.25) is 0 Å². The summed E-state index contributed by atoms with van der Waals surface area (Å²) in [5, 5.41) is 14.4. The Morgan fingerprint density at radius 3 is 2.53 bits per heavy atom. The average molecular weight is 261 g/mol. The van der Waals surface area contributed by atoms with Crippen molar-refractivity contribution in [2.75, 3.05) is 5.32 Å². The molecule has 5 heteroatoms. The maximum atomic E-state index is 11.9. The lowest BCUT2D eigenvalue weighted by Gasteiger charge is -2.10. The number of amides is 1. The molecule has 5 nitrogen and oxygen atoms in total. The number of benzene rings is 1. The summed E-state index contributed by atoms with van der Waals surface area (Å²) in [5.74, 6) is 0.446. The molecule has 0 saturated heterocycles. The van der Waals surface area contributed by atoms with E-state index in [2.05, 4.69) is 10.5 Å². The van der Waals surface area contributed by atoms with Gasteiger partial charge in [-0.15, -0.1) is 0 Å². The predicted molar refractivity (Wildman–Crippen MR) is 74.1 cm³/mol. The van der Waals surface area contributed by atoms with E-state index in [1.807, 2.05) is 24.3 Å². The van der Waals surface area contributed by atoms with E-state index in [-0.39, 0.29) is 17.7 Å². The Balaban J connectivity index is 1.92. The number of hydrogen-bond acceptors (Lipinski definition) is 3. The van der Waals surface area contributed by atoms with E-state index in [4.69, 9.17) is 10.9 Å². The molecule has 0 unspecified atom stereocenters. The highest BCUT2D eigenvalue weighted by molar-refractivity contribution is 5.92. The molecule has 0 atom stereocenters. The zero-order chi connectivity index (χ0) is 13.7. The van der Waals surface area contributed by atoms with Crippen LogP contribution in [0, 0.1) is 5.92 Å². The van der Waals surface area contributed by atoms with Crippen LogP contribution in [0.1, 0.15) is 31.2 Å². The van der Waals surface area contributed by atoms with Crippen molar-refractivity contribution in [2.24, 2.45) is 16.8 Å².